The van der Waals surface area contributed by atoms with Crippen molar-refractivity contribution in [3.8, 4) is 12.3 Å². The van der Waals surface area contributed by atoms with Crippen LogP contribution in [0.25, 0.3) is 0 Å². The Kier molecular flexibility index (Phi) is 6.59. The van der Waals surface area contributed by atoms with E-state index in [0.717, 1.165) is 17.1 Å². The Morgan fingerprint density at radius 1 is 1.28 bits per heavy atom. The van der Waals surface area contributed by atoms with Crippen LogP contribution in [-0.2, 0) is 14.8 Å². The molecule has 0 atom stereocenters. The summed E-state index contributed by atoms with van der Waals surface area (Å²) < 4.78 is 30.6. The fourth-order valence-corrected chi connectivity index (χ4v) is 3.65. The van der Waals surface area contributed by atoms with Crippen molar-refractivity contribution < 1.29 is 17.9 Å². The summed E-state index contributed by atoms with van der Waals surface area (Å²) in [6.07, 6.45) is 6.91. The molecule has 1 amide bonds. The van der Waals surface area contributed by atoms with Gasteiger partial charge in [0.2, 0.25) is 10.0 Å². The topological polar surface area (TPSA) is 66.9 Å². The molecule has 0 aromatic heterocycles. The van der Waals surface area contributed by atoms with Crippen LogP contribution < -0.4 is 0 Å². The highest BCUT2D eigenvalue weighted by molar-refractivity contribution is 7.89. The van der Waals surface area contributed by atoms with Crippen molar-refractivity contribution in [1.82, 2.24) is 9.21 Å². The van der Waals surface area contributed by atoms with Gasteiger partial charge in [0.1, 0.15) is 6.61 Å². The molecule has 1 aliphatic heterocycles. The lowest BCUT2D eigenvalue weighted by atomic mass is 9.97. The summed E-state index contributed by atoms with van der Waals surface area (Å²) in [5.41, 5.74) is 0.500. The summed E-state index contributed by atoms with van der Waals surface area (Å²) in [7, 11) is -0.526. The quantitative estimate of drug-likeness (QED) is 0.566. The number of rotatable bonds is 6. The Labute approximate surface area is 149 Å². The number of ether oxygens (including phenoxy) is 1. The van der Waals surface area contributed by atoms with Crippen LogP contribution in [0.5, 0.6) is 0 Å². The van der Waals surface area contributed by atoms with Crippen LogP contribution in [0.1, 0.15) is 23.2 Å². The third-order valence-electron chi connectivity index (χ3n) is 4.32. The van der Waals surface area contributed by atoms with Crippen molar-refractivity contribution in [2.75, 3.05) is 40.4 Å². The van der Waals surface area contributed by atoms with Gasteiger partial charge in [-0.25, -0.2) is 12.7 Å². The van der Waals surface area contributed by atoms with Gasteiger partial charge in [-0.1, -0.05) is 5.92 Å². The third-order valence-corrected chi connectivity index (χ3v) is 6.15. The van der Waals surface area contributed by atoms with Crippen molar-refractivity contribution in [1.29, 1.82) is 0 Å². The Bertz CT molecular complexity index is 727. The number of piperidine rings is 1. The largest absolute Gasteiger partial charge is 0.369 e. The molecule has 136 valence electrons. The second-order valence-corrected chi connectivity index (χ2v) is 8.42. The minimum Gasteiger partial charge on any atom is -0.369 e. The zero-order valence-corrected chi connectivity index (χ0v) is 15.5. The molecule has 1 heterocycles. The van der Waals surface area contributed by atoms with Crippen LogP contribution >= 0.6 is 0 Å². The second-order valence-electron chi connectivity index (χ2n) is 6.27. The maximum absolute atomic E-state index is 12.6. The van der Waals surface area contributed by atoms with Gasteiger partial charge in [0.05, 0.1) is 11.5 Å². The number of sulfonamides is 1. The minimum atomic E-state index is -3.48. The molecular formula is C18H24N2O4S. The Morgan fingerprint density at radius 2 is 1.88 bits per heavy atom. The van der Waals surface area contributed by atoms with Gasteiger partial charge in [0.25, 0.3) is 5.91 Å². The predicted octanol–water partition coefficient (Wildman–Crippen LogP) is 1.44. The van der Waals surface area contributed by atoms with E-state index in [4.69, 9.17) is 11.2 Å². The molecule has 1 aliphatic rings. The first-order valence-electron chi connectivity index (χ1n) is 8.19. The zero-order chi connectivity index (χ0) is 18.4. The van der Waals surface area contributed by atoms with Gasteiger partial charge >= 0.3 is 0 Å². The molecule has 2 rings (SSSR count). The van der Waals surface area contributed by atoms with Crippen LogP contribution in [0.15, 0.2) is 29.2 Å². The van der Waals surface area contributed by atoms with Gasteiger partial charge < -0.3 is 9.64 Å². The molecule has 0 unspecified atom stereocenters. The van der Waals surface area contributed by atoms with Gasteiger partial charge in [0.15, 0.2) is 0 Å². The molecule has 7 heteroatoms. The van der Waals surface area contributed by atoms with Crippen LogP contribution in [0.3, 0.4) is 0 Å². The average molecular weight is 364 g/mol. The number of hydrogen-bond donors (Lipinski definition) is 0. The molecular weight excluding hydrogens is 340 g/mol. The maximum atomic E-state index is 12.6. The number of carbonyl (C=O) groups is 1. The van der Waals surface area contributed by atoms with E-state index in [9.17, 15) is 13.2 Å². The number of carbonyl (C=O) groups excluding carboxylic acids is 1. The zero-order valence-electron chi connectivity index (χ0n) is 14.6. The summed E-state index contributed by atoms with van der Waals surface area (Å²) in [6.45, 7) is 2.28. The molecule has 0 spiro atoms. The van der Waals surface area contributed by atoms with Gasteiger partial charge in [-0.05, 0) is 43.0 Å². The Balaban J connectivity index is 1.95. The number of nitrogens with zero attached hydrogens (tertiary/aromatic N) is 2. The van der Waals surface area contributed by atoms with Crippen LogP contribution in [0.4, 0.5) is 0 Å². The molecule has 0 radical (unpaired) electrons. The van der Waals surface area contributed by atoms with E-state index in [1.807, 2.05) is 0 Å². The third kappa shape index (κ3) is 4.82. The van der Waals surface area contributed by atoms with Gasteiger partial charge in [-0.2, -0.15) is 0 Å². The summed E-state index contributed by atoms with van der Waals surface area (Å²) in [6, 6.07) is 6.09. The molecule has 0 N–H and O–H groups in total. The fourth-order valence-electron chi connectivity index (χ4n) is 2.75. The molecule has 25 heavy (non-hydrogen) atoms. The molecule has 1 aromatic carbocycles. The van der Waals surface area contributed by atoms with E-state index in [1.165, 1.54) is 26.2 Å². The van der Waals surface area contributed by atoms with Crippen LogP contribution in [-0.4, -0.2) is 63.9 Å². The standard InChI is InChI=1S/C18H24N2O4S/c1-4-13-24-14-15-9-11-20(12-10-15)18(21)16-5-7-17(8-6-16)25(22,23)19(2)3/h1,5-8,15H,9-14H2,2-3H3. The van der Waals surface area contributed by atoms with Crippen molar-refractivity contribution >= 4 is 15.9 Å². The number of terminal acetylenes is 1. The molecule has 1 fully saturated rings. The maximum Gasteiger partial charge on any atom is 0.253 e. The predicted molar refractivity (Wildman–Crippen MR) is 95.6 cm³/mol. The smallest absolute Gasteiger partial charge is 0.253 e. The van der Waals surface area contributed by atoms with E-state index in [2.05, 4.69) is 5.92 Å². The average Bonchev–Trinajstić information content (AvgIpc) is 2.62. The van der Waals surface area contributed by atoms with Gasteiger partial charge in [-0.3, -0.25) is 4.79 Å². The highest BCUT2D eigenvalue weighted by Gasteiger charge is 2.24. The lowest BCUT2D eigenvalue weighted by Gasteiger charge is -2.31. The Hall–Kier alpha value is -1.88. The monoisotopic (exact) mass is 364 g/mol. The minimum absolute atomic E-state index is 0.0724. The summed E-state index contributed by atoms with van der Waals surface area (Å²) in [5, 5.41) is 0. The number of hydrogen-bond acceptors (Lipinski definition) is 4. The molecule has 0 saturated carbocycles. The van der Waals surface area contributed by atoms with Crippen LogP contribution in [0, 0.1) is 18.3 Å². The van der Waals surface area contributed by atoms with E-state index in [0.29, 0.717) is 37.8 Å². The van der Waals surface area contributed by atoms with Gasteiger partial charge in [0, 0.05) is 32.7 Å². The van der Waals surface area contributed by atoms with Crippen LogP contribution in [0.2, 0.25) is 0 Å². The lowest BCUT2D eigenvalue weighted by molar-refractivity contribution is 0.0582. The molecule has 6 nitrogen and oxygen atoms in total. The first kappa shape index (κ1) is 19.4. The van der Waals surface area contributed by atoms with E-state index in [-0.39, 0.29) is 10.8 Å². The Morgan fingerprint density at radius 3 is 2.40 bits per heavy atom. The number of benzene rings is 1. The van der Waals surface area contributed by atoms with Crippen molar-refractivity contribution in [3.05, 3.63) is 29.8 Å². The van der Waals surface area contributed by atoms with Crippen molar-refractivity contribution in [3.63, 3.8) is 0 Å². The number of likely N-dealkylation sites (tertiary alicyclic amines) is 1. The van der Waals surface area contributed by atoms with E-state index < -0.39 is 10.0 Å². The first-order valence-corrected chi connectivity index (χ1v) is 9.63. The highest BCUT2D eigenvalue weighted by Crippen LogP contribution is 2.20. The molecule has 1 aromatic rings. The highest BCUT2D eigenvalue weighted by atomic mass is 32.2. The summed E-state index contributed by atoms with van der Waals surface area (Å²) >= 11 is 0. The molecule has 1 saturated heterocycles. The first-order chi connectivity index (χ1) is 11.9. The van der Waals surface area contributed by atoms with E-state index in [1.54, 1.807) is 17.0 Å². The van der Waals surface area contributed by atoms with E-state index >= 15 is 0 Å². The lowest BCUT2D eigenvalue weighted by Crippen LogP contribution is -2.39. The fraction of sp³-hybridized carbons (Fsp3) is 0.500. The van der Waals surface area contributed by atoms with Gasteiger partial charge in [-0.15, -0.1) is 6.42 Å². The second kappa shape index (κ2) is 8.48. The summed E-state index contributed by atoms with van der Waals surface area (Å²) in [4.78, 5) is 14.5. The number of amides is 1. The SMILES string of the molecule is C#CCOCC1CCN(C(=O)c2ccc(S(=O)(=O)N(C)C)cc2)CC1. The molecule has 0 aliphatic carbocycles. The summed E-state index contributed by atoms with van der Waals surface area (Å²) in [5.74, 6) is 2.79. The molecule has 0 bridgehead atoms. The van der Waals surface area contributed by atoms with Crippen molar-refractivity contribution in [2.45, 2.75) is 17.7 Å². The normalized spacial score (nSPS) is 16.0. The van der Waals surface area contributed by atoms with Crippen molar-refractivity contribution in [2.24, 2.45) is 5.92 Å².